The van der Waals surface area contributed by atoms with Crippen LogP contribution in [0.4, 0.5) is 5.69 Å². The zero-order chi connectivity index (χ0) is 28.9. The quantitative estimate of drug-likeness (QED) is 0.124. The van der Waals surface area contributed by atoms with Crippen LogP contribution in [0.5, 0.6) is 5.75 Å². The van der Waals surface area contributed by atoms with Crippen LogP contribution < -0.4 is 15.7 Å². The van der Waals surface area contributed by atoms with Gasteiger partial charge in [-0.15, -0.1) is 0 Å². The molecule has 0 spiro atoms. The SMILES string of the molecule is CCCCCCCCCCCCCC(=O)Nc1ccc(-c2cc(=O)oc3cc(O[C@H](C)C(=O)O)ccc23)c(Cl)c1. The molecule has 1 aromatic heterocycles. The summed E-state index contributed by atoms with van der Waals surface area (Å²) < 4.78 is 10.7. The Kier molecular flexibility index (Phi) is 12.5. The molecule has 1 amide bonds. The number of fused-ring (bicyclic) bond motifs is 1. The number of carbonyl (C=O) groups excluding carboxylic acids is 1. The lowest BCUT2D eigenvalue weighted by molar-refractivity contribution is -0.144. The molecule has 0 saturated heterocycles. The number of unbranched alkanes of at least 4 members (excludes halogenated alkanes) is 10. The van der Waals surface area contributed by atoms with Crippen molar-refractivity contribution in [2.24, 2.45) is 0 Å². The molecule has 0 aliphatic carbocycles. The van der Waals surface area contributed by atoms with Gasteiger partial charge >= 0.3 is 11.6 Å². The molecule has 216 valence electrons. The van der Waals surface area contributed by atoms with E-state index in [4.69, 9.17) is 25.9 Å². The number of carbonyl (C=O) groups is 2. The third kappa shape index (κ3) is 9.70. The molecule has 8 heteroatoms. The molecule has 3 aromatic rings. The fraction of sp³-hybridized carbons (Fsp3) is 0.469. The summed E-state index contributed by atoms with van der Waals surface area (Å²) in [7, 11) is 0. The number of hydrogen-bond donors (Lipinski definition) is 2. The molecule has 0 bridgehead atoms. The highest BCUT2D eigenvalue weighted by molar-refractivity contribution is 6.34. The smallest absolute Gasteiger partial charge is 0.344 e. The Balaban J connectivity index is 1.53. The number of anilines is 1. The van der Waals surface area contributed by atoms with E-state index in [1.165, 1.54) is 70.4 Å². The average molecular weight is 570 g/mol. The van der Waals surface area contributed by atoms with Gasteiger partial charge in [0.2, 0.25) is 5.91 Å². The summed E-state index contributed by atoms with van der Waals surface area (Å²) in [6.07, 6.45) is 13.0. The largest absolute Gasteiger partial charge is 0.479 e. The van der Waals surface area contributed by atoms with Crippen LogP contribution in [0.3, 0.4) is 0 Å². The topological polar surface area (TPSA) is 106 Å². The van der Waals surface area contributed by atoms with Gasteiger partial charge in [-0.25, -0.2) is 9.59 Å². The molecular weight excluding hydrogens is 530 g/mol. The molecule has 1 heterocycles. The number of aliphatic carboxylic acids is 1. The molecule has 40 heavy (non-hydrogen) atoms. The lowest BCUT2D eigenvalue weighted by atomic mass is 10.0. The van der Waals surface area contributed by atoms with Crippen molar-refractivity contribution in [1.29, 1.82) is 0 Å². The first-order chi connectivity index (χ1) is 19.3. The highest BCUT2D eigenvalue weighted by Gasteiger charge is 2.16. The van der Waals surface area contributed by atoms with E-state index in [2.05, 4.69) is 12.2 Å². The third-order valence-corrected chi connectivity index (χ3v) is 7.24. The molecule has 2 N–H and O–H groups in total. The van der Waals surface area contributed by atoms with E-state index in [1.54, 1.807) is 30.3 Å². The first kappa shape index (κ1) is 31.2. The Bertz CT molecular complexity index is 1330. The van der Waals surface area contributed by atoms with Crippen molar-refractivity contribution in [1.82, 2.24) is 0 Å². The Labute approximate surface area is 240 Å². The molecule has 7 nitrogen and oxygen atoms in total. The summed E-state index contributed by atoms with van der Waals surface area (Å²) in [5.41, 5.74) is 1.43. The standard InChI is InChI=1S/C32H40ClNO6/c1-3-4-5-6-7-8-9-10-11-12-13-14-30(35)34-23-15-17-25(28(33)19-23)27-21-31(36)40-29-20-24(16-18-26(27)29)39-22(2)32(37)38/h15-22H,3-14H2,1-2H3,(H,34,35)(H,37,38)/t22-/m1/s1. The number of amides is 1. The molecule has 3 rings (SSSR count). The van der Waals surface area contributed by atoms with Gasteiger partial charge in [0.15, 0.2) is 6.10 Å². The van der Waals surface area contributed by atoms with Crippen LogP contribution in [-0.4, -0.2) is 23.1 Å². The van der Waals surface area contributed by atoms with Crippen molar-refractivity contribution >= 4 is 40.1 Å². The Morgan fingerprint density at radius 2 is 1.55 bits per heavy atom. The van der Waals surface area contributed by atoms with E-state index >= 15 is 0 Å². The van der Waals surface area contributed by atoms with Crippen molar-refractivity contribution in [2.45, 2.75) is 97.0 Å². The van der Waals surface area contributed by atoms with Crippen LogP contribution in [0.1, 0.15) is 90.9 Å². The van der Waals surface area contributed by atoms with Gasteiger partial charge in [0, 0.05) is 40.8 Å². The molecule has 0 saturated carbocycles. The second kappa shape index (κ2) is 16.1. The van der Waals surface area contributed by atoms with E-state index in [0.717, 1.165) is 19.3 Å². The molecule has 2 aromatic carbocycles. The molecule has 0 aliphatic heterocycles. The fourth-order valence-electron chi connectivity index (χ4n) is 4.68. The van der Waals surface area contributed by atoms with Crippen LogP contribution in [-0.2, 0) is 9.59 Å². The summed E-state index contributed by atoms with van der Waals surface area (Å²) >= 11 is 6.58. The van der Waals surface area contributed by atoms with Gasteiger partial charge in [-0.3, -0.25) is 4.79 Å². The Morgan fingerprint density at radius 1 is 0.900 bits per heavy atom. The van der Waals surface area contributed by atoms with Crippen LogP contribution >= 0.6 is 11.6 Å². The van der Waals surface area contributed by atoms with E-state index < -0.39 is 17.7 Å². The van der Waals surface area contributed by atoms with Gasteiger partial charge in [0.05, 0.1) is 5.02 Å². The van der Waals surface area contributed by atoms with Gasteiger partial charge in [-0.05, 0) is 37.6 Å². The second-order valence-electron chi connectivity index (χ2n) is 10.3. The predicted molar refractivity (Wildman–Crippen MR) is 160 cm³/mol. The normalized spacial score (nSPS) is 11.9. The monoisotopic (exact) mass is 569 g/mol. The highest BCUT2D eigenvalue weighted by Crippen LogP contribution is 2.35. The number of carboxylic acid groups (broad SMARTS) is 1. The van der Waals surface area contributed by atoms with Crippen LogP contribution in [0.25, 0.3) is 22.1 Å². The lowest BCUT2D eigenvalue weighted by Gasteiger charge is -2.13. The Morgan fingerprint density at radius 3 is 2.17 bits per heavy atom. The number of benzene rings is 2. The van der Waals surface area contributed by atoms with E-state index in [0.29, 0.717) is 33.6 Å². The predicted octanol–water partition coefficient (Wildman–Crippen LogP) is 8.60. The van der Waals surface area contributed by atoms with E-state index in [9.17, 15) is 14.4 Å². The maximum atomic E-state index is 12.5. The maximum Gasteiger partial charge on any atom is 0.344 e. The lowest BCUT2D eigenvalue weighted by Crippen LogP contribution is -2.22. The zero-order valence-corrected chi connectivity index (χ0v) is 24.2. The van der Waals surface area contributed by atoms with Crippen LogP contribution in [0.15, 0.2) is 51.7 Å². The number of nitrogens with one attached hydrogen (secondary N) is 1. The minimum absolute atomic E-state index is 0.0475. The summed E-state index contributed by atoms with van der Waals surface area (Å²) in [5.74, 6) is -0.883. The van der Waals surface area contributed by atoms with Gasteiger partial charge < -0.3 is 19.6 Å². The third-order valence-electron chi connectivity index (χ3n) is 6.93. The number of hydrogen-bond acceptors (Lipinski definition) is 5. The molecule has 1 atom stereocenters. The first-order valence-electron chi connectivity index (χ1n) is 14.4. The summed E-state index contributed by atoms with van der Waals surface area (Å²) in [5, 5.41) is 13.0. The van der Waals surface area contributed by atoms with Gasteiger partial charge in [0.1, 0.15) is 11.3 Å². The van der Waals surface area contributed by atoms with Crippen molar-refractivity contribution in [3.63, 3.8) is 0 Å². The van der Waals surface area contributed by atoms with Crippen molar-refractivity contribution in [3.05, 3.63) is 57.9 Å². The van der Waals surface area contributed by atoms with Gasteiger partial charge in [-0.1, -0.05) is 88.8 Å². The fourth-order valence-corrected chi connectivity index (χ4v) is 4.96. The van der Waals surface area contributed by atoms with Crippen molar-refractivity contribution in [3.8, 4) is 16.9 Å². The zero-order valence-electron chi connectivity index (χ0n) is 23.5. The minimum atomic E-state index is -1.10. The number of ether oxygens (including phenoxy) is 1. The van der Waals surface area contributed by atoms with Crippen LogP contribution in [0.2, 0.25) is 5.02 Å². The first-order valence-corrected chi connectivity index (χ1v) is 14.7. The van der Waals surface area contributed by atoms with E-state index in [-0.39, 0.29) is 17.2 Å². The molecular formula is C32H40ClNO6. The number of halogens is 1. The van der Waals surface area contributed by atoms with Crippen molar-refractivity contribution in [2.75, 3.05) is 5.32 Å². The molecule has 0 radical (unpaired) electrons. The molecule has 0 fully saturated rings. The average Bonchev–Trinajstić information content (AvgIpc) is 2.91. The Hall–Kier alpha value is -3.32. The van der Waals surface area contributed by atoms with E-state index in [1.807, 2.05) is 0 Å². The molecule has 0 aliphatic rings. The van der Waals surface area contributed by atoms with Gasteiger partial charge in [0.25, 0.3) is 0 Å². The summed E-state index contributed by atoms with van der Waals surface area (Å²) in [6.45, 7) is 3.65. The van der Waals surface area contributed by atoms with Crippen molar-refractivity contribution < 1.29 is 23.8 Å². The minimum Gasteiger partial charge on any atom is -0.479 e. The maximum absolute atomic E-state index is 12.5. The van der Waals surface area contributed by atoms with Crippen LogP contribution in [0, 0.1) is 0 Å². The number of rotatable bonds is 17. The summed E-state index contributed by atoms with van der Waals surface area (Å²) in [6, 6.07) is 11.3. The summed E-state index contributed by atoms with van der Waals surface area (Å²) in [4.78, 5) is 35.8. The number of carboxylic acids is 1. The highest BCUT2D eigenvalue weighted by atomic mass is 35.5. The van der Waals surface area contributed by atoms with Gasteiger partial charge in [-0.2, -0.15) is 0 Å². The molecule has 0 unspecified atom stereocenters. The second-order valence-corrected chi connectivity index (χ2v) is 10.7.